The van der Waals surface area contributed by atoms with Gasteiger partial charge in [-0.2, -0.15) is 0 Å². The summed E-state index contributed by atoms with van der Waals surface area (Å²) in [5, 5.41) is 6.94. The summed E-state index contributed by atoms with van der Waals surface area (Å²) in [6.45, 7) is 7.24. The number of halogens is 1. The van der Waals surface area contributed by atoms with E-state index in [4.69, 9.17) is 12.2 Å². The molecule has 0 amide bonds. The Balaban J connectivity index is 1.99. The molecule has 0 bridgehead atoms. The van der Waals surface area contributed by atoms with Crippen molar-refractivity contribution < 1.29 is 9.29 Å². The predicted molar refractivity (Wildman–Crippen MR) is 102 cm³/mol. The molecule has 0 spiro atoms. The molecule has 0 aliphatic heterocycles. The van der Waals surface area contributed by atoms with Gasteiger partial charge < -0.3 is 15.5 Å². The first-order valence-electron chi connectivity index (χ1n) is 8.34. The summed E-state index contributed by atoms with van der Waals surface area (Å²) in [4.78, 5) is 1.50. The van der Waals surface area contributed by atoms with Gasteiger partial charge in [0.25, 0.3) is 0 Å². The summed E-state index contributed by atoms with van der Waals surface area (Å²) in [5.41, 5.74) is 2.08. The molecule has 3 nitrogen and oxygen atoms in total. The summed E-state index contributed by atoms with van der Waals surface area (Å²) < 4.78 is 13.0. The van der Waals surface area contributed by atoms with E-state index in [9.17, 15) is 4.39 Å². The lowest BCUT2D eigenvalue weighted by Crippen LogP contribution is -3.12. The third-order valence-corrected chi connectivity index (χ3v) is 4.42. The molecular formula is C19H25FN3S+. The van der Waals surface area contributed by atoms with Crippen molar-refractivity contribution in [1.82, 2.24) is 5.32 Å². The largest absolute Gasteiger partial charge is 0.356 e. The van der Waals surface area contributed by atoms with Crippen LogP contribution in [0.1, 0.15) is 25.5 Å². The first-order chi connectivity index (χ1) is 11.6. The van der Waals surface area contributed by atoms with Crippen LogP contribution >= 0.6 is 12.2 Å². The standard InChI is InChI=1S/C19H24FN3S/c1-3-23(4-2)18(15-8-6-5-7-9-15)14-21-19(24)22-17-12-10-16(20)11-13-17/h5-13,18H,3-4,14H2,1-2H3,(H2,21,22,24)/p+1/t18-/m0/s1. The van der Waals surface area contributed by atoms with Gasteiger partial charge in [-0.15, -0.1) is 0 Å². The minimum Gasteiger partial charge on any atom is -0.356 e. The van der Waals surface area contributed by atoms with Crippen molar-refractivity contribution in [3.8, 4) is 0 Å². The Morgan fingerprint density at radius 3 is 2.25 bits per heavy atom. The normalized spacial score (nSPS) is 12.0. The average Bonchev–Trinajstić information content (AvgIpc) is 2.61. The van der Waals surface area contributed by atoms with Crippen molar-refractivity contribution in [3.05, 3.63) is 66.0 Å². The summed E-state index contributed by atoms with van der Waals surface area (Å²) in [6.07, 6.45) is 0. The molecule has 0 heterocycles. The summed E-state index contributed by atoms with van der Waals surface area (Å²) >= 11 is 5.37. The zero-order chi connectivity index (χ0) is 17.4. The monoisotopic (exact) mass is 346 g/mol. The summed E-state index contributed by atoms with van der Waals surface area (Å²) in [7, 11) is 0. The maximum atomic E-state index is 13.0. The zero-order valence-electron chi connectivity index (χ0n) is 14.2. The number of hydrogen-bond acceptors (Lipinski definition) is 1. The fourth-order valence-corrected chi connectivity index (χ4v) is 3.03. The molecule has 128 valence electrons. The van der Waals surface area contributed by atoms with Crippen molar-refractivity contribution in [2.75, 3.05) is 25.0 Å². The quantitative estimate of drug-likeness (QED) is 0.673. The minimum atomic E-state index is -0.256. The molecule has 3 N–H and O–H groups in total. The number of hydrogen-bond donors (Lipinski definition) is 3. The van der Waals surface area contributed by atoms with Crippen LogP contribution in [-0.4, -0.2) is 24.7 Å². The molecule has 1 atom stereocenters. The molecule has 0 saturated heterocycles. The van der Waals surface area contributed by atoms with E-state index in [0.717, 1.165) is 25.3 Å². The van der Waals surface area contributed by atoms with Crippen molar-refractivity contribution >= 4 is 23.0 Å². The number of likely N-dealkylation sites (N-methyl/N-ethyl adjacent to an activating group) is 1. The molecule has 24 heavy (non-hydrogen) atoms. The second-order valence-corrected chi connectivity index (χ2v) is 6.08. The SMILES string of the molecule is CC[NH+](CC)[C@@H](CNC(=S)Nc1ccc(F)cc1)c1ccccc1. The van der Waals surface area contributed by atoms with Crippen molar-refractivity contribution in [3.63, 3.8) is 0 Å². The van der Waals surface area contributed by atoms with Crippen LogP contribution in [-0.2, 0) is 0 Å². The number of nitrogens with one attached hydrogen (secondary N) is 3. The second-order valence-electron chi connectivity index (χ2n) is 5.67. The van der Waals surface area contributed by atoms with Gasteiger partial charge in [0, 0.05) is 11.3 Å². The highest BCUT2D eigenvalue weighted by Crippen LogP contribution is 2.10. The van der Waals surface area contributed by atoms with E-state index in [1.54, 1.807) is 12.1 Å². The Morgan fingerprint density at radius 2 is 1.67 bits per heavy atom. The summed E-state index contributed by atoms with van der Waals surface area (Å²) in [5.74, 6) is -0.256. The highest BCUT2D eigenvalue weighted by molar-refractivity contribution is 7.80. The first-order valence-corrected chi connectivity index (χ1v) is 8.74. The average molecular weight is 346 g/mol. The number of quaternary nitrogens is 1. The molecule has 0 aliphatic carbocycles. The Labute approximate surface area is 148 Å². The van der Waals surface area contributed by atoms with Gasteiger partial charge in [0.05, 0.1) is 19.6 Å². The predicted octanol–water partition coefficient (Wildman–Crippen LogP) is 2.78. The molecule has 0 aromatic heterocycles. The highest BCUT2D eigenvalue weighted by Gasteiger charge is 2.21. The number of thiocarbonyl (C=S) groups is 1. The van der Waals surface area contributed by atoms with Gasteiger partial charge in [-0.1, -0.05) is 30.3 Å². The lowest BCUT2D eigenvalue weighted by atomic mass is 10.1. The van der Waals surface area contributed by atoms with Crippen molar-refractivity contribution in [1.29, 1.82) is 0 Å². The van der Waals surface area contributed by atoms with Crippen LogP contribution in [0, 0.1) is 5.82 Å². The lowest BCUT2D eigenvalue weighted by molar-refractivity contribution is -0.927. The molecule has 0 fully saturated rings. The molecule has 2 aromatic rings. The van der Waals surface area contributed by atoms with E-state index < -0.39 is 0 Å². The van der Waals surface area contributed by atoms with Crippen LogP contribution in [0.3, 0.4) is 0 Å². The minimum absolute atomic E-state index is 0.256. The van der Waals surface area contributed by atoms with E-state index >= 15 is 0 Å². The van der Waals surface area contributed by atoms with Crippen molar-refractivity contribution in [2.45, 2.75) is 19.9 Å². The Hall–Kier alpha value is -1.98. The maximum Gasteiger partial charge on any atom is 0.171 e. The number of rotatable bonds is 7. The smallest absolute Gasteiger partial charge is 0.171 e. The zero-order valence-corrected chi connectivity index (χ0v) is 15.0. The highest BCUT2D eigenvalue weighted by atomic mass is 32.1. The van der Waals surface area contributed by atoms with Gasteiger partial charge in [-0.25, -0.2) is 4.39 Å². The van der Waals surface area contributed by atoms with Crippen LogP contribution in [0.4, 0.5) is 10.1 Å². The van der Waals surface area contributed by atoms with Gasteiger partial charge in [0.2, 0.25) is 0 Å². The number of anilines is 1. The first kappa shape index (κ1) is 18.4. The van der Waals surface area contributed by atoms with Crippen LogP contribution in [0.15, 0.2) is 54.6 Å². The second kappa shape index (κ2) is 9.35. The van der Waals surface area contributed by atoms with Crippen LogP contribution in [0.25, 0.3) is 0 Å². The molecule has 0 unspecified atom stereocenters. The summed E-state index contributed by atoms with van der Waals surface area (Å²) in [6, 6.07) is 17.0. The molecule has 0 aliphatic rings. The van der Waals surface area contributed by atoms with E-state index in [2.05, 4.69) is 48.7 Å². The van der Waals surface area contributed by atoms with Crippen LogP contribution < -0.4 is 15.5 Å². The topological polar surface area (TPSA) is 28.5 Å². The van der Waals surface area contributed by atoms with Gasteiger partial charge in [0.1, 0.15) is 11.9 Å². The van der Waals surface area contributed by atoms with E-state index in [0.29, 0.717) is 11.2 Å². The van der Waals surface area contributed by atoms with Crippen LogP contribution in [0.2, 0.25) is 0 Å². The molecule has 5 heteroatoms. The van der Waals surface area contributed by atoms with Gasteiger partial charge in [0.15, 0.2) is 5.11 Å². The van der Waals surface area contributed by atoms with Crippen molar-refractivity contribution in [2.24, 2.45) is 0 Å². The molecule has 2 aromatic carbocycles. The molecule has 2 rings (SSSR count). The fourth-order valence-electron chi connectivity index (χ4n) is 2.83. The Morgan fingerprint density at radius 1 is 1.04 bits per heavy atom. The molecular weight excluding hydrogens is 321 g/mol. The van der Waals surface area contributed by atoms with E-state index in [1.807, 2.05) is 6.07 Å². The lowest BCUT2D eigenvalue weighted by Gasteiger charge is -2.27. The third-order valence-electron chi connectivity index (χ3n) is 4.17. The maximum absolute atomic E-state index is 13.0. The van der Waals surface area contributed by atoms with Crippen LogP contribution in [0.5, 0.6) is 0 Å². The Kier molecular flexibility index (Phi) is 7.15. The Bertz CT molecular complexity index is 627. The van der Waals surface area contributed by atoms with Gasteiger partial charge in [-0.05, 0) is 50.3 Å². The third kappa shape index (κ3) is 5.28. The van der Waals surface area contributed by atoms with E-state index in [-0.39, 0.29) is 5.82 Å². The number of benzene rings is 2. The van der Waals surface area contributed by atoms with E-state index in [1.165, 1.54) is 22.6 Å². The van der Waals surface area contributed by atoms with Gasteiger partial charge >= 0.3 is 0 Å². The molecule has 0 saturated carbocycles. The fraction of sp³-hybridized carbons (Fsp3) is 0.316. The van der Waals surface area contributed by atoms with Gasteiger partial charge in [-0.3, -0.25) is 0 Å². The molecule has 0 radical (unpaired) electrons.